The highest BCUT2D eigenvalue weighted by Gasteiger charge is 2.48. The van der Waals surface area contributed by atoms with Gasteiger partial charge in [-0.15, -0.1) is 5.10 Å². The molecule has 3 aromatic rings. The van der Waals surface area contributed by atoms with E-state index in [-0.39, 0.29) is 35.7 Å². The van der Waals surface area contributed by atoms with Crippen LogP contribution < -0.4 is 9.80 Å². The molecule has 1 saturated carbocycles. The summed E-state index contributed by atoms with van der Waals surface area (Å²) >= 11 is 0. The average Bonchev–Trinajstić information content (AvgIpc) is 3.62. The van der Waals surface area contributed by atoms with E-state index in [9.17, 15) is 44.3 Å². The maximum Gasteiger partial charge on any atom is 0.433 e. The zero-order valence-corrected chi connectivity index (χ0v) is 22.9. The van der Waals surface area contributed by atoms with Crippen molar-refractivity contribution in [3.8, 4) is 0 Å². The molecule has 2 atom stereocenters. The van der Waals surface area contributed by atoms with Crippen LogP contribution in [-0.2, 0) is 29.8 Å². The van der Waals surface area contributed by atoms with E-state index in [0.717, 1.165) is 11.0 Å². The zero-order valence-electron chi connectivity index (χ0n) is 22.9. The Morgan fingerprint density at radius 1 is 1.00 bits per heavy atom. The monoisotopic (exact) mass is 637 g/mol. The third-order valence-electron chi connectivity index (χ3n) is 7.23. The van der Waals surface area contributed by atoms with Crippen molar-refractivity contribution in [2.45, 2.75) is 76.4 Å². The van der Waals surface area contributed by atoms with Crippen LogP contribution in [-0.4, -0.2) is 43.8 Å². The summed E-state index contributed by atoms with van der Waals surface area (Å²) in [4.78, 5) is 19.4. The standard InChI is InChI=1S/C26H24F9N7O2/c1-12(2)44-23(43)42-17-5-6-20(26(33,34)35)36-21(17)19(10-18(42)14-3-4-14)41(22-37-39-40-38-22)11-13-7-15(24(27,28)29)9-16(8-13)25(30,31)32/h5-9,12,14,18-19H,3-4,10-11H2,1-2H3,(H,37,38,39,40)/t18-,19-/m0/s1. The summed E-state index contributed by atoms with van der Waals surface area (Å²) in [5, 5.41) is 13.2. The molecule has 5 rings (SSSR count). The lowest BCUT2D eigenvalue weighted by atomic mass is 9.90. The number of amides is 1. The number of carbonyl (C=O) groups is 1. The highest BCUT2D eigenvalue weighted by Crippen LogP contribution is 2.49. The molecule has 1 aromatic carbocycles. The number of tetrazole rings is 1. The van der Waals surface area contributed by atoms with Crippen molar-refractivity contribution in [2.24, 2.45) is 5.92 Å². The number of pyridine rings is 1. The fourth-order valence-electron chi connectivity index (χ4n) is 5.26. The van der Waals surface area contributed by atoms with Crippen molar-refractivity contribution in [1.82, 2.24) is 25.6 Å². The number of nitrogens with zero attached hydrogens (tertiary/aromatic N) is 6. The summed E-state index contributed by atoms with van der Waals surface area (Å²) in [7, 11) is 0. The van der Waals surface area contributed by atoms with Crippen molar-refractivity contribution in [1.29, 1.82) is 0 Å². The minimum atomic E-state index is -5.14. The van der Waals surface area contributed by atoms with Crippen LogP contribution in [0.4, 0.5) is 55.9 Å². The Labute approximate surface area is 243 Å². The molecule has 0 spiro atoms. The molecule has 2 aromatic heterocycles. The third-order valence-corrected chi connectivity index (χ3v) is 7.23. The number of anilines is 2. The van der Waals surface area contributed by atoms with Crippen molar-refractivity contribution in [2.75, 3.05) is 9.80 Å². The molecule has 1 aliphatic carbocycles. The summed E-state index contributed by atoms with van der Waals surface area (Å²) < 4.78 is 129. The molecule has 3 heterocycles. The second-order valence-corrected chi connectivity index (χ2v) is 10.8. The number of ether oxygens (including phenoxy) is 1. The van der Waals surface area contributed by atoms with Gasteiger partial charge in [0, 0.05) is 12.6 Å². The number of aromatic amines is 1. The fraction of sp³-hybridized carbons (Fsp3) is 0.500. The van der Waals surface area contributed by atoms with Crippen LogP contribution >= 0.6 is 0 Å². The first-order chi connectivity index (χ1) is 20.4. The van der Waals surface area contributed by atoms with Gasteiger partial charge < -0.3 is 9.64 Å². The molecule has 0 radical (unpaired) electrons. The van der Waals surface area contributed by atoms with Crippen molar-refractivity contribution < 1.29 is 49.0 Å². The molecular weight excluding hydrogens is 613 g/mol. The average molecular weight is 638 g/mol. The SMILES string of the molecule is CC(C)OC(=O)N1c2ccc(C(F)(F)F)nc2[C@@H](N(Cc2cc(C(F)(F)F)cc(C(F)(F)F)c2)c2nn[nH]n2)C[C@H]1C1CC1. The number of benzene rings is 1. The van der Waals surface area contributed by atoms with Gasteiger partial charge in [0.15, 0.2) is 0 Å². The lowest BCUT2D eigenvalue weighted by Crippen LogP contribution is -2.50. The first kappa shape index (κ1) is 31.3. The number of alkyl halides is 9. The van der Waals surface area contributed by atoms with Gasteiger partial charge in [-0.2, -0.15) is 44.7 Å². The molecule has 9 nitrogen and oxygen atoms in total. The van der Waals surface area contributed by atoms with Gasteiger partial charge in [-0.1, -0.05) is 5.10 Å². The normalized spacial score (nSPS) is 19.2. The minimum absolute atomic E-state index is 0.0311. The maximum atomic E-state index is 13.8. The van der Waals surface area contributed by atoms with Gasteiger partial charge >= 0.3 is 24.6 Å². The number of hydrogen-bond acceptors (Lipinski definition) is 7. The molecule has 1 aliphatic heterocycles. The summed E-state index contributed by atoms with van der Waals surface area (Å²) in [5.74, 6) is -0.427. The van der Waals surface area contributed by atoms with Gasteiger partial charge in [-0.25, -0.2) is 9.78 Å². The first-order valence-electron chi connectivity index (χ1n) is 13.3. The quantitative estimate of drug-likeness (QED) is 0.293. The van der Waals surface area contributed by atoms with E-state index in [1.807, 2.05) is 0 Å². The summed E-state index contributed by atoms with van der Waals surface area (Å²) in [6.45, 7) is 2.47. The van der Waals surface area contributed by atoms with Gasteiger partial charge in [-0.3, -0.25) is 4.90 Å². The van der Waals surface area contributed by atoms with Crippen molar-refractivity contribution in [3.63, 3.8) is 0 Å². The Morgan fingerprint density at radius 3 is 2.14 bits per heavy atom. The Morgan fingerprint density at radius 2 is 1.64 bits per heavy atom. The molecule has 1 amide bonds. The Kier molecular flexibility index (Phi) is 7.90. The fourth-order valence-corrected chi connectivity index (χ4v) is 5.26. The number of H-pyrrole nitrogens is 1. The summed E-state index contributed by atoms with van der Waals surface area (Å²) in [5.41, 5.74) is -5.31. The van der Waals surface area contributed by atoms with Crippen LogP contribution in [0, 0.1) is 5.92 Å². The van der Waals surface area contributed by atoms with E-state index in [2.05, 4.69) is 25.6 Å². The first-order valence-corrected chi connectivity index (χ1v) is 13.3. The van der Waals surface area contributed by atoms with Crippen molar-refractivity contribution >= 4 is 17.7 Å². The summed E-state index contributed by atoms with van der Waals surface area (Å²) in [6, 6.07) is 0.835. The van der Waals surface area contributed by atoms with Crippen LogP contribution in [0.1, 0.15) is 67.2 Å². The molecule has 1 fully saturated rings. The molecule has 0 unspecified atom stereocenters. The number of carbonyl (C=O) groups excluding carboxylic acids is 1. The lowest BCUT2D eigenvalue weighted by molar-refractivity contribution is -0.143. The maximum absolute atomic E-state index is 13.8. The van der Waals surface area contributed by atoms with Crippen LogP contribution in [0.3, 0.4) is 0 Å². The second kappa shape index (κ2) is 11.1. The molecule has 2 aliphatic rings. The highest BCUT2D eigenvalue weighted by molar-refractivity contribution is 5.90. The van der Waals surface area contributed by atoms with Gasteiger partial charge in [0.2, 0.25) is 0 Å². The Bertz CT molecular complexity index is 1470. The third kappa shape index (κ3) is 6.52. The topological polar surface area (TPSA) is 100 Å². The van der Waals surface area contributed by atoms with E-state index in [0.29, 0.717) is 31.0 Å². The van der Waals surface area contributed by atoms with E-state index in [1.165, 1.54) is 4.90 Å². The van der Waals surface area contributed by atoms with E-state index in [1.54, 1.807) is 13.8 Å². The van der Waals surface area contributed by atoms with Gasteiger partial charge in [-0.05, 0) is 80.1 Å². The Hall–Kier alpha value is -4.12. The minimum Gasteiger partial charge on any atom is -0.446 e. The van der Waals surface area contributed by atoms with E-state index < -0.39 is 71.7 Å². The van der Waals surface area contributed by atoms with Crippen LogP contribution in [0.15, 0.2) is 30.3 Å². The number of fused-ring (bicyclic) bond motifs is 1. The highest BCUT2D eigenvalue weighted by atomic mass is 19.4. The smallest absolute Gasteiger partial charge is 0.433 e. The molecule has 238 valence electrons. The predicted molar refractivity (Wildman–Crippen MR) is 134 cm³/mol. The largest absolute Gasteiger partial charge is 0.446 e. The van der Waals surface area contributed by atoms with Crippen LogP contribution in [0.2, 0.25) is 0 Å². The number of rotatable bonds is 6. The van der Waals surface area contributed by atoms with E-state index in [4.69, 9.17) is 4.74 Å². The summed E-state index contributed by atoms with van der Waals surface area (Å²) in [6.07, 6.45) is -15.4. The number of halogens is 9. The van der Waals surface area contributed by atoms with Gasteiger partial charge in [0.1, 0.15) is 5.69 Å². The molecule has 1 N–H and O–H groups in total. The van der Waals surface area contributed by atoms with E-state index >= 15 is 0 Å². The molecule has 0 saturated heterocycles. The Balaban J connectivity index is 1.67. The van der Waals surface area contributed by atoms with Gasteiger partial charge in [0.25, 0.3) is 5.95 Å². The molecule has 18 heteroatoms. The zero-order chi connectivity index (χ0) is 32.2. The number of nitrogens with one attached hydrogen (secondary N) is 1. The second-order valence-electron chi connectivity index (χ2n) is 10.8. The lowest BCUT2D eigenvalue weighted by Gasteiger charge is -2.43. The predicted octanol–water partition coefficient (Wildman–Crippen LogP) is 6.93. The van der Waals surface area contributed by atoms with Crippen LogP contribution in [0.25, 0.3) is 0 Å². The van der Waals surface area contributed by atoms with Crippen molar-refractivity contribution in [3.05, 3.63) is 58.4 Å². The molecule has 44 heavy (non-hydrogen) atoms. The van der Waals surface area contributed by atoms with Gasteiger partial charge in [0.05, 0.1) is 34.7 Å². The van der Waals surface area contributed by atoms with Crippen LogP contribution in [0.5, 0.6) is 0 Å². The molecular formula is C26H24F9N7O2. The number of hydrogen-bond donors (Lipinski definition) is 1. The number of aromatic nitrogens is 5. The molecule has 0 bridgehead atoms.